The lowest BCUT2D eigenvalue weighted by Gasteiger charge is -2.10. The maximum absolute atomic E-state index is 11.4. The molecule has 0 radical (unpaired) electrons. The SMILES string of the molecule is O=C(O)c1cnc(Cc2ccc(Cl)cc2)nc1Nc1ccccc1. The van der Waals surface area contributed by atoms with Crippen molar-refractivity contribution in [3.05, 3.63) is 82.8 Å². The molecule has 0 atom stereocenters. The Morgan fingerprint density at radius 3 is 2.46 bits per heavy atom. The first kappa shape index (κ1) is 16.0. The molecule has 2 N–H and O–H groups in total. The summed E-state index contributed by atoms with van der Waals surface area (Å²) in [6, 6.07) is 16.7. The van der Waals surface area contributed by atoms with Gasteiger partial charge in [-0.05, 0) is 29.8 Å². The molecular weight excluding hydrogens is 326 g/mol. The van der Waals surface area contributed by atoms with Crippen molar-refractivity contribution in [3.8, 4) is 0 Å². The van der Waals surface area contributed by atoms with Crippen LogP contribution in [0.4, 0.5) is 11.5 Å². The van der Waals surface area contributed by atoms with E-state index in [1.165, 1.54) is 6.20 Å². The van der Waals surface area contributed by atoms with E-state index >= 15 is 0 Å². The van der Waals surface area contributed by atoms with Gasteiger partial charge in [0.1, 0.15) is 17.2 Å². The summed E-state index contributed by atoms with van der Waals surface area (Å²) in [4.78, 5) is 19.9. The lowest BCUT2D eigenvalue weighted by molar-refractivity contribution is 0.0697. The molecule has 0 spiro atoms. The van der Waals surface area contributed by atoms with E-state index in [9.17, 15) is 9.90 Å². The van der Waals surface area contributed by atoms with Crippen LogP contribution < -0.4 is 5.32 Å². The third-order valence-electron chi connectivity index (χ3n) is 3.38. The number of hydrogen-bond acceptors (Lipinski definition) is 4. The van der Waals surface area contributed by atoms with Gasteiger partial charge in [-0.2, -0.15) is 0 Å². The first-order valence-corrected chi connectivity index (χ1v) is 7.65. The molecule has 0 saturated heterocycles. The number of benzene rings is 2. The second kappa shape index (κ2) is 7.10. The van der Waals surface area contributed by atoms with Crippen LogP contribution in [0.5, 0.6) is 0 Å². The van der Waals surface area contributed by atoms with Gasteiger partial charge >= 0.3 is 5.97 Å². The Kier molecular flexibility index (Phi) is 4.72. The minimum absolute atomic E-state index is 0.0266. The summed E-state index contributed by atoms with van der Waals surface area (Å²) in [6.45, 7) is 0. The van der Waals surface area contributed by atoms with E-state index in [1.54, 1.807) is 12.1 Å². The van der Waals surface area contributed by atoms with Crippen molar-refractivity contribution in [2.75, 3.05) is 5.32 Å². The van der Waals surface area contributed by atoms with Gasteiger partial charge in [0.15, 0.2) is 0 Å². The monoisotopic (exact) mass is 339 g/mol. The van der Waals surface area contributed by atoms with Gasteiger partial charge < -0.3 is 10.4 Å². The third kappa shape index (κ3) is 3.88. The van der Waals surface area contributed by atoms with Crippen molar-refractivity contribution >= 4 is 29.1 Å². The Bertz CT molecular complexity index is 852. The lowest BCUT2D eigenvalue weighted by Crippen LogP contribution is -2.09. The zero-order chi connectivity index (χ0) is 16.9. The number of nitrogens with one attached hydrogen (secondary N) is 1. The van der Waals surface area contributed by atoms with Crippen LogP contribution in [-0.4, -0.2) is 21.0 Å². The lowest BCUT2D eigenvalue weighted by atomic mass is 10.1. The summed E-state index contributed by atoms with van der Waals surface area (Å²) < 4.78 is 0. The van der Waals surface area contributed by atoms with Crippen LogP contribution >= 0.6 is 11.6 Å². The molecule has 1 heterocycles. The Morgan fingerprint density at radius 2 is 1.79 bits per heavy atom. The molecule has 6 heteroatoms. The molecule has 5 nitrogen and oxygen atoms in total. The predicted molar refractivity (Wildman–Crippen MR) is 93.0 cm³/mol. The molecule has 0 aliphatic rings. The van der Waals surface area contributed by atoms with Crippen molar-refractivity contribution < 1.29 is 9.90 Å². The largest absolute Gasteiger partial charge is 0.477 e. The number of rotatable bonds is 5. The number of para-hydroxylation sites is 1. The number of anilines is 2. The van der Waals surface area contributed by atoms with Gasteiger partial charge in [0.2, 0.25) is 0 Å². The van der Waals surface area contributed by atoms with Crippen LogP contribution in [0, 0.1) is 0 Å². The molecule has 3 rings (SSSR count). The van der Waals surface area contributed by atoms with Crippen molar-refractivity contribution in [1.82, 2.24) is 9.97 Å². The van der Waals surface area contributed by atoms with Crippen LogP contribution in [-0.2, 0) is 6.42 Å². The number of carbonyl (C=O) groups is 1. The number of nitrogens with zero attached hydrogens (tertiary/aromatic N) is 2. The molecule has 0 aliphatic heterocycles. The number of carboxylic acid groups (broad SMARTS) is 1. The van der Waals surface area contributed by atoms with Crippen molar-refractivity contribution in [1.29, 1.82) is 0 Å². The second-order valence-corrected chi connectivity index (χ2v) is 5.58. The number of carboxylic acids is 1. The van der Waals surface area contributed by atoms with Gasteiger partial charge in [0.05, 0.1) is 0 Å². The molecule has 0 unspecified atom stereocenters. The highest BCUT2D eigenvalue weighted by atomic mass is 35.5. The van der Waals surface area contributed by atoms with E-state index in [0.717, 1.165) is 11.3 Å². The Labute approximate surface area is 144 Å². The van der Waals surface area contributed by atoms with Crippen LogP contribution in [0.1, 0.15) is 21.7 Å². The van der Waals surface area contributed by atoms with E-state index in [-0.39, 0.29) is 11.4 Å². The average molecular weight is 340 g/mol. The van der Waals surface area contributed by atoms with E-state index in [2.05, 4.69) is 15.3 Å². The van der Waals surface area contributed by atoms with E-state index in [4.69, 9.17) is 11.6 Å². The summed E-state index contributed by atoms with van der Waals surface area (Å²) in [7, 11) is 0. The average Bonchev–Trinajstić information content (AvgIpc) is 2.58. The zero-order valence-electron chi connectivity index (χ0n) is 12.6. The summed E-state index contributed by atoms with van der Waals surface area (Å²) in [5.74, 6) is -0.278. The fourth-order valence-corrected chi connectivity index (χ4v) is 2.32. The molecule has 0 aliphatic carbocycles. The summed E-state index contributed by atoms with van der Waals surface area (Å²) in [5, 5.41) is 13.0. The molecule has 3 aromatic rings. The van der Waals surface area contributed by atoms with E-state index in [1.807, 2.05) is 42.5 Å². The number of aromatic carboxylic acids is 1. The highest BCUT2D eigenvalue weighted by molar-refractivity contribution is 6.30. The van der Waals surface area contributed by atoms with Crippen molar-refractivity contribution in [2.24, 2.45) is 0 Å². The molecular formula is C18H14ClN3O2. The Morgan fingerprint density at radius 1 is 1.08 bits per heavy atom. The highest BCUT2D eigenvalue weighted by Gasteiger charge is 2.14. The van der Waals surface area contributed by atoms with Gasteiger partial charge in [0.25, 0.3) is 0 Å². The first-order chi connectivity index (χ1) is 11.6. The summed E-state index contributed by atoms with van der Waals surface area (Å²) in [6.07, 6.45) is 1.81. The summed E-state index contributed by atoms with van der Waals surface area (Å²) in [5.41, 5.74) is 1.78. The quantitative estimate of drug-likeness (QED) is 0.730. The molecule has 24 heavy (non-hydrogen) atoms. The maximum Gasteiger partial charge on any atom is 0.341 e. The minimum atomic E-state index is -1.08. The van der Waals surface area contributed by atoms with Gasteiger partial charge in [-0.15, -0.1) is 0 Å². The van der Waals surface area contributed by atoms with E-state index in [0.29, 0.717) is 17.3 Å². The second-order valence-electron chi connectivity index (χ2n) is 5.15. The minimum Gasteiger partial charge on any atom is -0.477 e. The van der Waals surface area contributed by atoms with Gasteiger partial charge in [0, 0.05) is 23.3 Å². The fraction of sp³-hybridized carbons (Fsp3) is 0.0556. The topological polar surface area (TPSA) is 75.1 Å². The molecule has 0 amide bonds. The molecule has 120 valence electrons. The highest BCUT2D eigenvalue weighted by Crippen LogP contribution is 2.19. The van der Waals surface area contributed by atoms with Crippen molar-refractivity contribution in [3.63, 3.8) is 0 Å². The first-order valence-electron chi connectivity index (χ1n) is 7.27. The van der Waals surface area contributed by atoms with Crippen LogP contribution in [0.15, 0.2) is 60.8 Å². The van der Waals surface area contributed by atoms with E-state index < -0.39 is 5.97 Å². The molecule has 0 saturated carbocycles. The van der Waals surface area contributed by atoms with Crippen LogP contribution in [0.25, 0.3) is 0 Å². The van der Waals surface area contributed by atoms with Crippen LogP contribution in [0.2, 0.25) is 5.02 Å². The smallest absolute Gasteiger partial charge is 0.341 e. The normalized spacial score (nSPS) is 10.4. The number of aromatic nitrogens is 2. The zero-order valence-corrected chi connectivity index (χ0v) is 13.4. The standard InChI is InChI=1S/C18H14ClN3O2/c19-13-8-6-12(7-9-13)10-16-20-11-15(18(23)24)17(22-16)21-14-4-2-1-3-5-14/h1-9,11H,10H2,(H,23,24)(H,20,21,22). The maximum atomic E-state index is 11.4. The molecule has 0 bridgehead atoms. The third-order valence-corrected chi connectivity index (χ3v) is 3.63. The number of halogens is 1. The predicted octanol–water partition coefficient (Wildman–Crippen LogP) is 4.16. The Hall–Kier alpha value is -2.92. The molecule has 0 fully saturated rings. The van der Waals surface area contributed by atoms with Crippen LogP contribution in [0.3, 0.4) is 0 Å². The van der Waals surface area contributed by atoms with Gasteiger partial charge in [-0.1, -0.05) is 41.9 Å². The number of hydrogen-bond donors (Lipinski definition) is 2. The Balaban J connectivity index is 1.90. The van der Waals surface area contributed by atoms with Gasteiger partial charge in [-0.25, -0.2) is 14.8 Å². The molecule has 1 aromatic heterocycles. The fourth-order valence-electron chi connectivity index (χ4n) is 2.20. The summed E-state index contributed by atoms with van der Waals surface area (Å²) >= 11 is 5.88. The van der Waals surface area contributed by atoms with Crippen molar-refractivity contribution in [2.45, 2.75) is 6.42 Å². The van der Waals surface area contributed by atoms with Gasteiger partial charge in [-0.3, -0.25) is 0 Å². The molecule has 2 aromatic carbocycles.